The molecule has 0 amide bonds. The van der Waals surface area contributed by atoms with E-state index in [2.05, 4.69) is 15.6 Å². The Hall–Kier alpha value is -2.52. The van der Waals surface area contributed by atoms with Crippen molar-refractivity contribution in [3.63, 3.8) is 0 Å². The van der Waals surface area contributed by atoms with E-state index in [9.17, 15) is 8.42 Å². The number of amidine groups is 1. The van der Waals surface area contributed by atoms with E-state index in [4.69, 9.17) is 4.28 Å². The van der Waals surface area contributed by atoms with E-state index in [-0.39, 0.29) is 5.75 Å². The predicted octanol–water partition coefficient (Wildman–Crippen LogP) is 1.26. The van der Waals surface area contributed by atoms with Crippen LogP contribution in [0.25, 0.3) is 6.08 Å². The van der Waals surface area contributed by atoms with Gasteiger partial charge in [-0.05, 0) is 56.8 Å². The summed E-state index contributed by atoms with van der Waals surface area (Å²) in [6.45, 7) is 5.06. The molecule has 0 saturated heterocycles. The maximum absolute atomic E-state index is 12.3. The minimum absolute atomic E-state index is 0.116. The molecule has 1 aromatic carbocycles. The second-order valence-corrected chi connectivity index (χ2v) is 8.82. The van der Waals surface area contributed by atoms with Crippen molar-refractivity contribution in [2.24, 2.45) is 0 Å². The summed E-state index contributed by atoms with van der Waals surface area (Å²) in [6, 6.07) is 7.80. The topological polar surface area (TPSA) is 76.9 Å². The van der Waals surface area contributed by atoms with Crippen LogP contribution < -0.4 is 10.7 Å². The average Bonchev–Trinajstić information content (AvgIpc) is 2.66. The molecule has 8 nitrogen and oxygen atoms in total. The predicted molar refractivity (Wildman–Crippen MR) is 109 cm³/mol. The third kappa shape index (κ3) is 4.31. The van der Waals surface area contributed by atoms with Crippen LogP contribution in [-0.2, 0) is 14.4 Å². The number of fused-ring (bicyclic) bond motifs is 3. The Morgan fingerprint density at radius 2 is 2.04 bits per heavy atom. The first kappa shape index (κ1) is 20.2. The number of nitrogens with zero attached hydrogens (tertiary/aromatic N) is 3. The first-order valence-corrected chi connectivity index (χ1v) is 10.9. The number of hydroxylamine groups is 1. The fraction of sp³-hybridized carbons (Fsp3) is 0.421. The van der Waals surface area contributed by atoms with Crippen molar-refractivity contribution in [2.75, 3.05) is 32.9 Å². The highest BCUT2D eigenvalue weighted by Gasteiger charge is 2.37. The molecule has 2 aliphatic heterocycles. The second kappa shape index (κ2) is 8.24. The van der Waals surface area contributed by atoms with Gasteiger partial charge in [-0.15, -0.1) is 0 Å². The summed E-state index contributed by atoms with van der Waals surface area (Å²) >= 11 is 0. The molecule has 2 N–H and O–H groups in total. The summed E-state index contributed by atoms with van der Waals surface area (Å²) in [5.74, 6) is 1.08. The van der Waals surface area contributed by atoms with Gasteiger partial charge in [0.25, 0.3) is 11.7 Å². The van der Waals surface area contributed by atoms with Gasteiger partial charge in [-0.25, -0.2) is 9.71 Å². The van der Waals surface area contributed by atoms with Gasteiger partial charge in [0.2, 0.25) is 0 Å². The van der Waals surface area contributed by atoms with E-state index in [1.807, 2.05) is 57.6 Å². The molecule has 0 atom stereocenters. The molecule has 2 heterocycles. The third-order valence-corrected chi connectivity index (χ3v) is 5.57. The van der Waals surface area contributed by atoms with Crippen LogP contribution in [0.4, 0.5) is 0 Å². The summed E-state index contributed by atoms with van der Waals surface area (Å²) in [5.41, 5.74) is 5.93. The molecule has 0 radical (unpaired) electrons. The standard InChI is InChI=1S/C19H28N5O3S/c1-5-28(25,26)27-24-18(20-12-8-13-22(3)4)15(2)21-23-14-11-16-9-6-7-10-17(16)19(23)24/h6-7,9-11,14,20-21H,5,8,12-13H2,1-4H3/q+1. The molecule has 0 aromatic heterocycles. The molecule has 0 bridgehead atoms. The zero-order valence-corrected chi connectivity index (χ0v) is 17.6. The number of nitrogens with one attached hydrogen (secondary N) is 2. The van der Waals surface area contributed by atoms with Crippen molar-refractivity contribution in [1.29, 1.82) is 0 Å². The zero-order chi connectivity index (χ0) is 20.3. The molecule has 2 aliphatic rings. The van der Waals surface area contributed by atoms with Crippen LogP contribution in [-0.4, -0.2) is 61.8 Å². The Bertz CT molecular complexity index is 935. The first-order chi connectivity index (χ1) is 13.3. The van der Waals surface area contributed by atoms with Crippen LogP contribution in [0.5, 0.6) is 0 Å². The molecule has 0 spiro atoms. The summed E-state index contributed by atoms with van der Waals surface area (Å²) in [6.07, 6.45) is 4.74. The number of allylic oxidation sites excluding steroid dienone is 1. The van der Waals surface area contributed by atoms with Crippen LogP contribution in [0.15, 0.2) is 42.0 Å². The molecule has 1 aromatic rings. The van der Waals surface area contributed by atoms with Gasteiger partial charge in [0.1, 0.15) is 5.70 Å². The molecule has 3 rings (SSSR count). The minimum atomic E-state index is -3.73. The highest BCUT2D eigenvalue weighted by Crippen LogP contribution is 2.24. The SMILES string of the molecule is CCS(=O)(=O)O[N+]1=C2c3ccccc3C=CN2NC(C)=C1NCCCN(C)C. The Morgan fingerprint density at radius 3 is 2.75 bits per heavy atom. The van der Waals surface area contributed by atoms with Crippen molar-refractivity contribution < 1.29 is 17.4 Å². The lowest BCUT2D eigenvalue weighted by atomic mass is 10.0. The van der Waals surface area contributed by atoms with Crippen LogP contribution in [0.1, 0.15) is 31.4 Å². The van der Waals surface area contributed by atoms with Crippen molar-refractivity contribution in [3.8, 4) is 0 Å². The largest absolute Gasteiger partial charge is 0.340 e. The molecule has 152 valence electrons. The van der Waals surface area contributed by atoms with Crippen molar-refractivity contribution in [3.05, 3.63) is 53.1 Å². The van der Waals surface area contributed by atoms with Gasteiger partial charge in [0.05, 0.1) is 24.1 Å². The lowest BCUT2D eigenvalue weighted by molar-refractivity contribution is -0.716. The van der Waals surface area contributed by atoms with E-state index in [1.165, 1.54) is 4.74 Å². The van der Waals surface area contributed by atoms with Gasteiger partial charge >= 0.3 is 10.1 Å². The van der Waals surface area contributed by atoms with Crippen molar-refractivity contribution in [2.45, 2.75) is 20.3 Å². The lowest BCUT2D eigenvalue weighted by Gasteiger charge is -2.30. The number of rotatable bonds is 8. The smallest absolute Gasteiger partial charge is 0.309 e. The maximum Gasteiger partial charge on any atom is 0.340 e. The number of hydrogen-bond donors (Lipinski definition) is 2. The lowest BCUT2D eigenvalue weighted by Crippen LogP contribution is -2.52. The summed E-state index contributed by atoms with van der Waals surface area (Å²) in [4.78, 5) is 2.11. The van der Waals surface area contributed by atoms with Crippen LogP contribution in [0, 0.1) is 0 Å². The molecule has 28 heavy (non-hydrogen) atoms. The fourth-order valence-electron chi connectivity index (χ4n) is 3.04. The minimum Gasteiger partial charge on any atom is -0.309 e. The first-order valence-electron chi connectivity index (χ1n) is 9.34. The highest BCUT2D eigenvalue weighted by atomic mass is 32.2. The normalized spacial score (nSPS) is 16.1. The van der Waals surface area contributed by atoms with Crippen LogP contribution in [0.2, 0.25) is 0 Å². The third-order valence-electron chi connectivity index (χ3n) is 4.49. The van der Waals surface area contributed by atoms with Crippen molar-refractivity contribution in [1.82, 2.24) is 20.7 Å². The second-order valence-electron chi connectivity index (χ2n) is 6.98. The number of hydrazine groups is 1. The Morgan fingerprint density at radius 1 is 1.29 bits per heavy atom. The van der Waals surface area contributed by atoms with Gasteiger partial charge in [-0.3, -0.25) is 0 Å². The summed E-state index contributed by atoms with van der Waals surface area (Å²) in [5, 5.41) is 5.11. The monoisotopic (exact) mass is 406 g/mol. The van der Waals surface area contributed by atoms with E-state index < -0.39 is 10.1 Å². The van der Waals surface area contributed by atoms with E-state index in [1.54, 1.807) is 11.9 Å². The van der Waals surface area contributed by atoms with Gasteiger partial charge in [-0.2, -0.15) is 13.4 Å². The summed E-state index contributed by atoms with van der Waals surface area (Å²) in [7, 11) is 0.317. The van der Waals surface area contributed by atoms with E-state index in [0.717, 1.165) is 29.8 Å². The molecular weight excluding hydrogens is 378 g/mol. The average molecular weight is 407 g/mol. The van der Waals surface area contributed by atoms with Gasteiger partial charge < -0.3 is 10.2 Å². The van der Waals surface area contributed by atoms with Gasteiger partial charge in [0.15, 0.2) is 0 Å². The quantitative estimate of drug-likeness (QED) is 0.497. The molecule has 0 fully saturated rings. The molecule has 9 heteroatoms. The molecule has 0 unspecified atom stereocenters. The van der Waals surface area contributed by atoms with Crippen molar-refractivity contribution >= 4 is 22.0 Å². The fourth-order valence-corrected chi connectivity index (χ4v) is 3.51. The van der Waals surface area contributed by atoms with Gasteiger partial charge in [-0.1, -0.05) is 18.2 Å². The molecule has 0 saturated carbocycles. The Labute approximate surface area is 166 Å². The van der Waals surface area contributed by atoms with Crippen LogP contribution >= 0.6 is 0 Å². The van der Waals surface area contributed by atoms with Gasteiger partial charge in [0, 0.05) is 6.54 Å². The summed E-state index contributed by atoms with van der Waals surface area (Å²) < 4.78 is 31.6. The number of hydrogen-bond acceptors (Lipinski definition) is 7. The van der Waals surface area contributed by atoms with Crippen LogP contribution in [0.3, 0.4) is 0 Å². The van der Waals surface area contributed by atoms with E-state index >= 15 is 0 Å². The van der Waals surface area contributed by atoms with E-state index in [0.29, 0.717) is 18.2 Å². The molecular formula is C19H28N5O3S+. The highest BCUT2D eigenvalue weighted by molar-refractivity contribution is 7.86. The Kier molecular flexibility index (Phi) is 5.95. The maximum atomic E-state index is 12.3. The Balaban J connectivity index is 2.04. The number of benzene rings is 1. The zero-order valence-electron chi connectivity index (χ0n) is 16.8. The molecule has 0 aliphatic carbocycles.